The smallest absolute Gasteiger partial charge is 0.162 e. The first-order valence-electron chi connectivity index (χ1n) is 6.68. The minimum atomic E-state index is -0.0857. The third-order valence-electron chi connectivity index (χ3n) is 2.98. The fraction of sp³-hybridized carbons (Fsp3) is 0.235. The molecule has 3 nitrogen and oxygen atoms in total. The molecule has 3 heteroatoms. The average Bonchev–Trinajstić information content (AvgIpc) is 2.50. The Balaban J connectivity index is 2.22. The van der Waals surface area contributed by atoms with E-state index >= 15 is 0 Å². The van der Waals surface area contributed by atoms with Crippen molar-refractivity contribution >= 4 is 6.29 Å². The van der Waals surface area contributed by atoms with Gasteiger partial charge >= 0.3 is 0 Å². The van der Waals surface area contributed by atoms with Crippen LogP contribution in [0.15, 0.2) is 48.5 Å². The molecular weight excluding hydrogens is 252 g/mol. The Bertz CT molecular complexity index is 564. The Morgan fingerprint density at radius 3 is 2.50 bits per heavy atom. The summed E-state index contributed by atoms with van der Waals surface area (Å²) in [5, 5.41) is 0. The van der Waals surface area contributed by atoms with Crippen LogP contribution >= 0.6 is 0 Å². The molecule has 0 spiro atoms. The average molecular weight is 270 g/mol. The van der Waals surface area contributed by atoms with Crippen molar-refractivity contribution in [2.75, 3.05) is 6.61 Å². The van der Waals surface area contributed by atoms with Gasteiger partial charge in [0, 0.05) is 5.56 Å². The minimum absolute atomic E-state index is 0.0857. The lowest BCUT2D eigenvalue weighted by Crippen LogP contribution is -2.05. The van der Waals surface area contributed by atoms with E-state index in [2.05, 4.69) is 0 Å². The molecule has 0 aliphatic rings. The first-order chi connectivity index (χ1) is 9.74. The van der Waals surface area contributed by atoms with E-state index in [0.717, 1.165) is 11.8 Å². The molecule has 2 rings (SSSR count). The summed E-state index contributed by atoms with van der Waals surface area (Å²) in [7, 11) is 0. The highest BCUT2D eigenvalue weighted by Gasteiger charge is 2.11. The topological polar surface area (TPSA) is 35.5 Å². The molecular formula is C17H18O3. The van der Waals surface area contributed by atoms with Crippen LogP contribution in [0.4, 0.5) is 0 Å². The molecule has 0 saturated heterocycles. The van der Waals surface area contributed by atoms with E-state index in [4.69, 9.17) is 9.47 Å². The van der Waals surface area contributed by atoms with Crippen molar-refractivity contribution in [3.05, 3.63) is 59.7 Å². The summed E-state index contributed by atoms with van der Waals surface area (Å²) >= 11 is 0. The maximum atomic E-state index is 10.8. The zero-order chi connectivity index (χ0) is 14.4. The predicted molar refractivity (Wildman–Crippen MR) is 78.5 cm³/mol. The maximum absolute atomic E-state index is 10.8. The van der Waals surface area contributed by atoms with Gasteiger partial charge in [-0.2, -0.15) is 0 Å². The zero-order valence-electron chi connectivity index (χ0n) is 11.7. The van der Waals surface area contributed by atoms with E-state index in [1.165, 1.54) is 0 Å². The van der Waals surface area contributed by atoms with E-state index in [9.17, 15) is 4.79 Å². The van der Waals surface area contributed by atoms with E-state index in [-0.39, 0.29) is 6.10 Å². The van der Waals surface area contributed by atoms with Crippen molar-refractivity contribution in [2.45, 2.75) is 20.0 Å². The molecule has 0 fully saturated rings. The van der Waals surface area contributed by atoms with Crippen LogP contribution in [0.3, 0.4) is 0 Å². The molecule has 0 saturated carbocycles. The number of carbonyl (C=O) groups excluding carboxylic acids is 1. The number of hydrogen-bond acceptors (Lipinski definition) is 3. The van der Waals surface area contributed by atoms with Gasteiger partial charge in [0.1, 0.15) is 12.4 Å². The zero-order valence-corrected chi connectivity index (χ0v) is 11.7. The second-order valence-electron chi connectivity index (χ2n) is 4.43. The second-order valence-corrected chi connectivity index (χ2v) is 4.43. The highest BCUT2D eigenvalue weighted by Crippen LogP contribution is 2.32. The fourth-order valence-corrected chi connectivity index (χ4v) is 1.95. The van der Waals surface area contributed by atoms with Crippen molar-refractivity contribution in [3.63, 3.8) is 0 Å². The number of aldehydes is 1. The molecule has 1 atom stereocenters. The van der Waals surface area contributed by atoms with Crippen molar-refractivity contribution in [3.8, 4) is 11.5 Å². The molecule has 0 aromatic heterocycles. The number of ether oxygens (including phenoxy) is 2. The van der Waals surface area contributed by atoms with Gasteiger partial charge < -0.3 is 9.47 Å². The molecule has 0 N–H and O–H groups in total. The molecule has 0 amide bonds. The van der Waals surface area contributed by atoms with Gasteiger partial charge in [-0.05, 0) is 37.6 Å². The molecule has 2 aromatic rings. The Morgan fingerprint density at radius 1 is 1.10 bits per heavy atom. The van der Waals surface area contributed by atoms with Crippen molar-refractivity contribution in [1.29, 1.82) is 0 Å². The lowest BCUT2D eigenvalue weighted by Gasteiger charge is -2.18. The van der Waals surface area contributed by atoms with Gasteiger partial charge in [0.2, 0.25) is 0 Å². The summed E-state index contributed by atoms with van der Waals surface area (Å²) in [6.45, 7) is 4.41. The van der Waals surface area contributed by atoms with Crippen LogP contribution in [0.2, 0.25) is 0 Å². The SMILES string of the molecule is CCOc1cc(C=O)ccc1OC(C)c1ccccc1. The third-order valence-corrected chi connectivity index (χ3v) is 2.98. The summed E-state index contributed by atoms with van der Waals surface area (Å²) in [5.41, 5.74) is 1.67. The Kier molecular flexibility index (Phi) is 4.77. The molecule has 0 heterocycles. The number of rotatable bonds is 6. The molecule has 0 bridgehead atoms. The molecule has 104 valence electrons. The predicted octanol–water partition coefficient (Wildman–Crippen LogP) is 4.04. The lowest BCUT2D eigenvalue weighted by atomic mass is 10.1. The van der Waals surface area contributed by atoms with E-state index in [1.54, 1.807) is 18.2 Å². The van der Waals surface area contributed by atoms with Crippen LogP contribution in [0.25, 0.3) is 0 Å². The quantitative estimate of drug-likeness (QED) is 0.743. The van der Waals surface area contributed by atoms with Crippen LogP contribution in [0.1, 0.15) is 35.9 Å². The van der Waals surface area contributed by atoms with E-state index in [0.29, 0.717) is 23.7 Å². The van der Waals surface area contributed by atoms with Gasteiger partial charge in [-0.25, -0.2) is 0 Å². The van der Waals surface area contributed by atoms with E-state index in [1.807, 2.05) is 44.2 Å². The Labute approximate surface area is 119 Å². The van der Waals surface area contributed by atoms with Gasteiger partial charge in [0.15, 0.2) is 11.5 Å². The van der Waals surface area contributed by atoms with Crippen LogP contribution in [0.5, 0.6) is 11.5 Å². The summed E-state index contributed by atoms with van der Waals surface area (Å²) in [5.74, 6) is 1.24. The van der Waals surface area contributed by atoms with Crippen molar-refractivity contribution in [2.24, 2.45) is 0 Å². The molecule has 0 aliphatic heterocycles. The first kappa shape index (κ1) is 14.1. The van der Waals surface area contributed by atoms with Gasteiger partial charge in [-0.15, -0.1) is 0 Å². The van der Waals surface area contributed by atoms with Gasteiger partial charge in [0.05, 0.1) is 6.61 Å². The molecule has 1 unspecified atom stereocenters. The van der Waals surface area contributed by atoms with Gasteiger partial charge in [-0.1, -0.05) is 30.3 Å². The summed E-state index contributed by atoms with van der Waals surface area (Å²) in [4.78, 5) is 10.8. The third kappa shape index (κ3) is 3.38. The normalized spacial score (nSPS) is 11.7. The highest BCUT2D eigenvalue weighted by atomic mass is 16.5. The summed E-state index contributed by atoms with van der Waals surface area (Å²) < 4.78 is 11.5. The highest BCUT2D eigenvalue weighted by molar-refractivity contribution is 5.76. The number of benzene rings is 2. The molecule has 0 aliphatic carbocycles. The maximum Gasteiger partial charge on any atom is 0.162 e. The van der Waals surface area contributed by atoms with Crippen molar-refractivity contribution < 1.29 is 14.3 Å². The summed E-state index contributed by atoms with van der Waals surface area (Å²) in [6, 6.07) is 15.2. The number of carbonyl (C=O) groups is 1. The van der Waals surface area contributed by atoms with Crippen LogP contribution in [0, 0.1) is 0 Å². The van der Waals surface area contributed by atoms with Crippen LogP contribution in [-0.2, 0) is 0 Å². The van der Waals surface area contributed by atoms with Crippen LogP contribution in [-0.4, -0.2) is 12.9 Å². The fourth-order valence-electron chi connectivity index (χ4n) is 1.95. The van der Waals surface area contributed by atoms with E-state index < -0.39 is 0 Å². The minimum Gasteiger partial charge on any atom is -0.490 e. The second kappa shape index (κ2) is 6.75. The van der Waals surface area contributed by atoms with Crippen LogP contribution < -0.4 is 9.47 Å². The first-order valence-corrected chi connectivity index (χ1v) is 6.68. The van der Waals surface area contributed by atoms with Gasteiger partial charge in [0.25, 0.3) is 0 Å². The lowest BCUT2D eigenvalue weighted by molar-refractivity contribution is 0.112. The number of hydrogen-bond donors (Lipinski definition) is 0. The summed E-state index contributed by atoms with van der Waals surface area (Å²) in [6.07, 6.45) is 0.713. The molecule has 20 heavy (non-hydrogen) atoms. The standard InChI is InChI=1S/C17H18O3/c1-3-19-17-11-14(12-18)9-10-16(17)20-13(2)15-7-5-4-6-8-15/h4-13H,3H2,1-2H3. The molecule has 2 aromatic carbocycles. The largest absolute Gasteiger partial charge is 0.490 e. The monoisotopic (exact) mass is 270 g/mol. The Hall–Kier alpha value is -2.29. The van der Waals surface area contributed by atoms with Gasteiger partial charge in [-0.3, -0.25) is 4.79 Å². The molecule has 0 radical (unpaired) electrons. The Morgan fingerprint density at radius 2 is 1.85 bits per heavy atom. The van der Waals surface area contributed by atoms with Crippen molar-refractivity contribution in [1.82, 2.24) is 0 Å².